The van der Waals surface area contributed by atoms with Gasteiger partial charge in [-0.15, -0.1) is 0 Å². The Morgan fingerprint density at radius 1 is 1.09 bits per heavy atom. The molecule has 23 heavy (non-hydrogen) atoms. The summed E-state index contributed by atoms with van der Waals surface area (Å²) in [6, 6.07) is 13.0. The third kappa shape index (κ3) is 4.37. The van der Waals surface area contributed by atoms with Crippen LogP contribution in [0.25, 0.3) is 0 Å². The molecule has 1 N–H and O–H groups in total. The van der Waals surface area contributed by atoms with E-state index in [2.05, 4.69) is 5.32 Å². The smallest absolute Gasteiger partial charge is 0.270 e. The predicted octanol–water partition coefficient (Wildman–Crippen LogP) is 1.21. The van der Waals surface area contributed by atoms with Gasteiger partial charge in [-0.1, -0.05) is 36.4 Å². The van der Waals surface area contributed by atoms with E-state index in [0.717, 1.165) is 6.07 Å². The van der Waals surface area contributed by atoms with Crippen molar-refractivity contribution in [3.05, 3.63) is 75.8 Å². The maximum absolute atomic E-state index is 12.2. The molecule has 0 radical (unpaired) electrons. The highest BCUT2D eigenvalue weighted by Gasteiger charge is 2.17. The molecule has 7 heteroatoms. The molecular formula is C16H13N2O5-. The van der Waals surface area contributed by atoms with Crippen LogP contribution in [0.1, 0.15) is 28.4 Å². The summed E-state index contributed by atoms with van der Waals surface area (Å²) in [5.74, 6) is -1.90. The highest BCUT2D eigenvalue weighted by molar-refractivity contribution is 5.95. The molecule has 2 aromatic carbocycles. The molecule has 2 aromatic rings. The number of non-ortho nitro benzene ring substituents is 1. The monoisotopic (exact) mass is 313 g/mol. The largest absolute Gasteiger partial charge is 0.550 e. The van der Waals surface area contributed by atoms with Gasteiger partial charge in [0.15, 0.2) is 0 Å². The number of hydrogen-bond acceptors (Lipinski definition) is 5. The zero-order valence-corrected chi connectivity index (χ0v) is 12.0. The summed E-state index contributed by atoms with van der Waals surface area (Å²) in [6.45, 7) is 0. The maximum Gasteiger partial charge on any atom is 0.270 e. The minimum Gasteiger partial charge on any atom is -0.550 e. The van der Waals surface area contributed by atoms with E-state index in [1.165, 1.54) is 18.2 Å². The van der Waals surface area contributed by atoms with Gasteiger partial charge in [0.05, 0.1) is 11.0 Å². The molecule has 0 saturated carbocycles. The van der Waals surface area contributed by atoms with E-state index in [4.69, 9.17) is 0 Å². The molecule has 0 spiro atoms. The van der Waals surface area contributed by atoms with Gasteiger partial charge in [0, 0.05) is 30.1 Å². The Labute approximate surface area is 131 Å². The molecule has 2 rings (SSSR count). The van der Waals surface area contributed by atoms with Crippen molar-refractivity contribution >= 4 is 17.6 Å². The van der Waals surface area contributed by atoms with Gasteiger partial charge < -0.3 is 15.2 Å². The quantitative estimate of drug-likeness (QED) is 0.636. The Morgan fingerprint density at radius 2 is 1.78 bits per heavy atom. The second-order valence-electron chi connectivity index (χ2n) is 4.82. The normalized spacial score (nSPS) is 11.5. The number of nitro benzene ring substituents is 1. The van der Waals surface area contributed by atoms with Crippen molar-refractivity contribution in [1.82, 2.24) is 5.32 Å². The lowest BCUT2D eigenvalue weighted by Crippen LogP contribution is -2.34. The van der Waals surface area contributed by atoms with Crippen LogP contribution in [0.2, 0.25) is 0 Å². The Balaban J connectivity index is 2.22. The van der Waals surface area contributed by atoms with Gasteiger partial charge in [-0.25, -0.2) is 0 Å². The van der Waals surface area contributed by atoms with Crippen LogP contribution in [0.5, 0.6) is 0 Å². The molecular weight excluding hydrogens is 300 g/mol. The third-order valence-corrected chi connectivity index (χ3v) is 3.20. The molecule has 0 unspecified atom stereocenters. The number of carbonyl (C=O) groups is 2. The van der Waals surface area contributed by atoms with Gasteiger partial charge in [0.2, 0.25) is 0 Å². The molecule has 118 valence electrons. The minimum absolute atomic E-state index is 0.0819. The van der Waals surface area contributed by atoms with Gasteiger partial charge in [-0.3, -0.25) is 14.9 Å². The number of hydrogen-bond donors (Lipinski definition) is 1. The Kier molecular flexibility index (Phi) is 5.03. The average Bonchev–Trinajstić information content (AvgIpc) is 2.54. The second-order valence-corrected chi connectivity index (χ2v) is 4.82. The van der Waals surface area contributed by atoms with Crippen molar-refractivity contribution in [2.75, 3.05) is 0 Å². The first-order valence-electron chi connectivity index (χ1n) is 6.77. The van der Waals surface area contributed by atoms with Gasteiger partial charge in [0.1, 0.15) is 0 Å². The van der Waals surface area contributed by atoms with Crippen LogP contribution in [0.3, 0.4) is 0 Å². The van der Waals surface area contributed by atoms with E-state index in [1.54, 1.807) is 30.3 Å². The van der Waals surface area contributed by atoms with E-state index in [-0.39, 0.29) is 11.3 Å². The zero-order valence-electron chi connectivity index (χ0n) is 12.0. The molecule has 0 fully saturated rings. The first kappa shape index (κ1) is 16.2. The third-order valence-electron chi connectivity index (χ3n) is 3.20. The molecule has 0 aromatic heterocycles. The van der Waals surface area contributed by atoms with Crippen molar-refractivity contribution in [3.8, 4) is 0 Å². The van der Waals surface area contributed by atoms with Crippen molar-refractivity contribution in [2.24, 2.45) is 0 Å². The highest BCUT2D eigenvalue weighted by Crippen LogP contribution is 2.18. The number of carbonyl (C=O) groups excluding carboxylic acids is 2. The van der Waals surface area contributed by atoms with Gasteiger partial charge in [-0.05, 0) is 11.6 Å². The maximum atomic E-state index is 12.2. The Morgan fingerprint density at radius 3 is 2.39 bits per heavy atom. The lowest BCUT2D eigenvalue weighted by molar-refractivity contribution is -0.384. The van der Waals surface area contributed by atoms with Crippen LogP contribution < -0.4 is 10.4 Å². The molecule has 1 atom stereocenters. The van der Waals surface area contributed by atoms with Crippen LogP contribution in [-0.2, 0) is 4.79 Å². The summed E-state index contributed by atoms with van der Waals surface area (Å²) in [4.78, 5) is 33.3. The minimum atomic E-state index is -1.31. The number of amides is 1. The molecule has 0 saturated heterocycles. The first-order valence-corrected chi connectivity index (χ1v) is 6.77. The highest BCUT2D eigenvalue weighted by atomic mass is 16.6. The number of nitro groups is 1. The van der Waals surface area contributed by atoms with E-state index in [0.29, 0.717) is 5.56 Å². The van der Waals surface area contributed by atoms with Crippen LogP contribution in [-0.4, -0.2) is 16.8 Å². The van der Waals surface area contributed by atoms with Gasteiger partial charge in [-0.2, -0.15) is 0 Å². The molecule has 0 aliphatic heterocycles. The van der Waals surface area contributed by atoms with Crippen molar-refractivity contribution in [2.45, 2.75) is 12.5 Å². The summed E-state index contributed by atoms with van der Waals surface area (Å²) in [7, 11) is 0. The predicted molar refractivity (Wildman–Crippen MR) is 79.4 cm³/mol. The molecule has 0 bridgehead atoms. The van der Waals surface area contributed by atoms with E-state index < -0.39 is 29.3 Å². The number of carboxylic acids is 1. The number of aliphatic carboxylic acids is 1. The topological polar surface area (TPSA) is 112 Å². The van der Waals surface area contributed by atoms with Crippen LogP contribution in [0.4, 0.5) is 5.69 Å². The summed E-state index contributed by atoms with van der Waals surface area (Å²) in [5.41, 5.74) is 0.475. The molecule has 1 amide bonds. The number of rotatable bonds is 6. The number of nitrogens with zero attached hydrogens (tertiary/aromatic N) is 1. The Hall–Kier alpha value is -3.22. The van der Waals surface area contributed by atoms with Crippen LogP contribution >= 0.6 is 0 Å². The molecule has 0 aliphatic rings. The standard InChI is InChI=1S/C16H14N2O5/c19-15(20)10-14(11-5-2-1-3-6-11)17-16(21)12-7-4-8-13(9-12)18(22)23/h1-9,14H,10H2,(H,17,21)(H,19,20)/p-1/t14-/m1/s1. The SMILES string of the molecule is O=C([O-])C[C@@H](NC(=O)c1cccc([N+](=O)[O-])c1)c1ccccc1. The van der Waals surface area contributed by atoms with E-state index >= 15 is 0 Å². The Bertz CT molecular complexity index is 730. The number of benzene rings is 2. The van der Waals surface area contributed by atoms with Crippen molar-refractivity contribution < 1.29 is 19.6 Å². The van der Waals surface area contributed by atoms with Crippen molar-refractivity contribution in [3.63, 3.8) is 0 Å². The van der Waals surface area contributed by atoms with Crippen LogP contribution in [0, 0.1) is 10.1 Å². The van der Waals surface area contributed by atoms with E-state index in [9.17, 15) is 24.8 Å². The fraction of sp³-hybridized carbons (Fsp3) is 0.125. The fourth-order valence-corrected chi connectivity index (χ4v) is 2.11. The summed E-state index contributed by atoms with van der Waals surface area (Å²) in [5, 5.41) is 24.2. The van der Waals surface area contributed by atoms with E-state index in [1.807, 2.05) is 0 Å². The first-order chi connectivity index (χ1) is 11.0. The van der Waals surface area contributed by atoms with Crippen molar-refractivity contribution in [1.29, 1.82) is 0 Å². The number of carboxylic acid groups (broad SMARTS) is 1. The van der Waals surface area contributed by atoms with Gasteiger partial charge >= 0.3 is 0 Å². The zero-order chi connectivity index (χ0) is 16.8. The lowest BCUT2D eigenvalue weighted by Gasteiger charge is -2.19. The molecule has 0 aliphatic carbocycles. The van der Waals surface area contributed by atoms with Gasteiger partial charge in [0.25, 0.3) is 11.6 Å². The average molecular weight is 313 g/mol. The lowest BCUT2D eigenvalue weighted by atomic mass is 10.0. The van der Waals surface area contributed by atoms with Crippen LogP contribution in [0.15, 0.2) is 54.6 Å². The summed E-state index contributed by atoms with van der Waals surface area (Å²) >= 11 is 0. The summed E-state index contributed by atoms with van der Waals surface area (Å²) in [6.07, 6.45) is -0.398. The fourth-order valence-electron chi connectivity index (χ4n) is 2.11. The molecule has 0 heterocycles. The molecule has 7 nitrogen and oxygen atoms in total. The second kappa shape index (κ2) is 7.17. The summed E-state index contributed by atoms with van der Waals surface area (Å²) < 4.78 is 0. The number of nitrogens with one attached hydrogen (secondary N) is 1.